The van der Waals surface area contributed by atoms with Gasteiger partial charge in [0.25, 0.3) is 0 Å². The van der Waals surface area contributed by atoms with Gasteiger partial charge < -0.3 is 24.8 Å². The summed E-state index contributed by atoms with van der Waals surface area (Å²) in [5.41, 5.74) is 0.737. The summed E-state index contributed by atoms with van der Waals surface area (Å²) in [6.45, 7) is 5.25. The maximum atomic E-state index is 5.42. The van der Waals surface area contributed by atoms with Crippen molar-refractivity contribution in [1.29, 1.82) is 0 Å². The Kier molecular flexibility index (Phi) is 6.98. The topological polar surface area (TPSA) is 64.1 Å². The highest BCUT2D eigenvalue weighted by Crippen LogP contribution is 2.30. The van der Waals surface area contributed by atoms with E-state index in [1.165, 1.54) is 0 Å². The second kappa shape index (κ2) is 8.48. The molecule has 0 heterocycles. The van der Waals surface area contributed by atoms with Gasteiger partial charge in [0.15, 0.2) is 17.5 Å². The number of benzene rings is 1. The third kappa shape index (κ3) is 5.11. The fourth-order valence-corrected chi connectivity index (χ4v) is 1.86. The predicted molar refractivity (Wildman–Crippen MR) is 88.8 cm³/mol. The van der Waals surface area contributed by atoms with Crippen LogP contribution in [0.4, 0.5) is 0 Å². The van der Waals surface area contributed by atoms with Crippen LogP contribution in [0.1, 0.15) is 19.4 Å². The molecule has 0 saturated carbocycles. The molecule has 124 valence electrons. The maximum Gasteiger partial charge on any atom is 0.191 e. The Morgan fingerprint density at radius 2 is 1.86 bits per heavy atom. The lowest BCUT2D eigenvalue weighted by atomic mass is 10.1. The fraction of sp³-hybridized carbons (Fsp3) is 0.562. The maximum absolute atomic E-state index is 5.42. The minimum absolute atomic E-state index is 0.259. The van der Waals surface area contributed by atoms with Gasteiger partial charge in [0.05, 0.1) is 19.8 Å². The van der Waals surface area contributed by atoms with Crippen LogP contribution >= 0.6 is 0 Å². The molecule has 1 aromatic carbocycles. The highest BCUT2D eigenvalue weighted by atomic mass is 16.5. The van der Waals surface area contributed by atoms with Crippen LogP contribution in [0.3, 0.4) is 0 Å². The second-order valence-electron chi connectivity index (χ2n) is 5.40. The first kappa shape index (κ1) is 18.1. The molecular formula is C16H27N3O3. The average molecular weight is 309 g/mol. The Labute approximate surface area is 132 Å². The monoisotopic (exact) mass is 309 g/mol. The van der Waals surface area contributed by atoms with Crippen molar-refractivity contribution in [2.75, 3.05) is 34.9 Å². The standard InChI is InChI=1S/C16H27N3O3/c1-16(2,22-6)11-19-15(17-3)18-10-12-8-7-9-13(20-4)14(12)21-5/h7-9H,10-11H2,1-6H3,(H2,17,18,19). The van der Waals surface area contributed by atoms with Gasteiger partial charge in [-0.3, -0.25) is 4.99 Å². The van der Waals surface area contributed by atoms with Crippen LogP contribution in [0.25, 0.3) is 0 Å². The first-order chi connectivity index (χ1) is 10.5. The van der Waals surface area contributed by atoms with Gasteiger partial charge in [0.2, 0.25) is 0 Å². The second-order valence-corrected chi connectivity index (χ2v) is 5.40. The summed E-state index contributed by atoms with van der Waals surface area (Å²) in [6, 6.07) is 5.79. The van der Waals surface area contributed by atoms with Crippen molar-refractivity contribution in [2.24, 2.45) is 4.99 Å². The van der Waals surface area contributed by atoms with E-state index in [1.54, 1.807) is 28.4 Å². The van der Waals surface area contributed by atoms with E-state index in [0.717, 1.165) is 11.3 Å². The van der Waals surface area contributed by atoms with E-state index in [0.29, 0.717) is 24.8 Å². The summed E-state index contributed by atoms with van der Waals surface area (Å²) in [5.74, 6) is 2.14. The molecule has 0 amide bonds. The lowest BCUT2D eigenvalue weighted by molar-refractivity contribution is 0.0268. The molecule has 22 heavy (non-hydrogen) atoms. The summed E-state index contributed by atoms with van der Waals surface area (Å²) in [7, 11) is 6.69. The molecule has 0 aliphatic rings. The van der Waals surface area contributed by atoms with Crippen LogP contribution in [0.15, 0.2) is 23.2 Å². The van der Waals surface area contributed by atoms with Crippen molar-refractivity contribution in [1.82, 2.24) is 10.6 Å². The van der Waals surface area contributed by atoms with Gasteiger partial charge in [-0.15, -0.1) is 0 Å². The smallest absolute Gasteiger partial charge is 0.191 e. The van der Waals surface area contributed by atoms with Gasteiger partial charge in [-0.2, -0.15) is 0 Å². The van der Waals surface area contributed by atoms with E-state index in [2.05, 4.69) is 15.6 Å². The van der Waals surface area contributed by atoms with E-state index in [4.69, 9.17) is 14.2 Å². The molecule has 0 unspecified atom stereocenters. The largest absolute Gasteiger partial charge is 0.493 e. The van der Waals surface area contributed by atoms with E-state index < -0.39 is 0 Å². The van der Waals surface area contributed by atoms with Crippen molar-refractivity contribution in [2.45, 2.75) is 26.0 Å². The molecule has 6 nitrogen and oxygen atoms in total. The van der Waals surface area contributed by atoms with Crippen LogP contribution in [0.5, 0.6) is 11.5 Å². The summed E-state index contributed by atoms with van der Waals surface area (Å²) < 4.78 is 16.1. The fourth-order valence-electron chi connectivity index (χ4n) is 1.86. The quantitative estimate of drug-likeness (QED) is 0.594. The molecule has 6 heteroatoms. The number of nitrogens with one attached hydrogen (secondary N) is 2. The number of guanidine groups is 1. The Bertz CT molecular complexity index is 501. The van der Waals surface area contributed by atoms with Crippen molar-refractivity contribution in [3.8, 4) is 11.5 Å². The van der Waals surface area contributed by atoms with Gasteiger partial charge >= 0.3 is 0 Å². The Morgan fingerprint density at radius 1 is 1.14 bits per heavy atom. The molecule has 2 N–H and O–H groups in total. The number of hydrogen-bond acceptors (Lipinski definition) is 4. The molecule has 0 aromatic heterocycles. The van der Waals surface area contributed by atoms with E-state index in [-0.39, 0.29) is 5.60 Å². The molecule has 1 rings (SSSR count). The van der Waals surface area contributed by atoms with Gasteiger partial charge in [0.1, 0.15) is 0 Å². The van der Waals surface area contributed by atoms with Gasteiger partial charge in [-0.25, -0.2) is 0 Å². The lowest BCUT2D eigenvalue weighted by Gasteiger charge is -2.24. The molecule has 0 aliphatic heterocycles. The molecule has 0 atom stereocenters. The van der Waals surface area contributed by atoms with Crippen LogP contribution < -0.4 is 20.1 Å². The molecule has 0 bridgehead atoms. The Balaban J connectivity index is 2.68. The molecule has 0 fully saturated rings. The molecule has 0 saturated heterocycles. The minimum atomic E-state index is -0.259. The summed E-state index contributed by atoms with van der Waals surface area (Å²) >= 11 is 0. The Hall–Kier alpha value is -1.95. The van der Waals surface area contributed by atoms with Crippen LogP contribution in [0.2, 0.25) is 0 Å². The Morgan fingerprint density at radius 3 is 2.41 bits per heavy atom. The number of nitrogens with zero attached hydrogens (tertiary/aromatic N) is 1. The number of aliphatic imine (C=N–C) groups is 1. The van der Waals surface area contributed by atoms with Gasteiger partial charge in [-0.1, -0.05) is 12.1 Å². The van der Waals surface area contributed by atoms with Crippen molar-refractivity contribution >= 4 is 5.96 Å². The first-order valence-electron chi connectivity index (χ1n) is 7.17. The molecular weight excluding hydrogens is 282 g/mol. The zero-order valence-corrected chi connectivity index (χ0v) is 14.3. The first-order valence-corrected chi connectivity index (χ1v) is 7.17. The van der Waals surface area contributed by atoms with Gasteiger partial charge in [0, 0.05) is 32.8 Å². The van der Waals surface area contributed by atoms with Crippen molar-refractivity contribution in [3.63, 3.8) is 0 Å². The zero-order valence-electron chi connectivity index (χ0n) is 14.3. The third-order valence-electron chi connectivity index (χ3n) is 3.39. The van der Waals surface area contributed by atoms with Crippen molar-refractivity contribution in [3.05, 3.63) is 23.8 Å². The van der Waals surface area contributed by atoms with Crippen LogP contribution in [-0.2, 0) is 11.3 Å². The molecule has 0 radical (unpaired) electrons. The number of para-hydroxylation sites is 1. The highest BCUT2D eigenvalue weighted by molar-refractivity contribution is 5.79. The summed E-state index contributed by atoms with van der Waals surface area (Å²) in [4.78, 5) is 4.21. The minimum Gasteiger partial charge on any atom is -0.493 e. The normalized spacial score (nSPS) is 12.0. The molecule has 0 aliphatic carbocycles. The molecule has 0 spiro atoms. The van der Waals surface area contributed by atoms with E-state index in [1.807, 2.05) is 32.0 Å². The van der Waals surface area contributed by atoms with Crippen LogP contribution in [0, 0.1) is 0 Å². The SMILES string of the molecule is CN=C(NCc1cccc(OC)c1OC)NCC(C)(C)OC. The number of hydrogen-bond donors (Lipinski definition) is 2. The van der Waals surface area contributed by atoms with Crippen LogP contribution in [-0.4, -0.2) is 46.5 Å². The summed E-state index contributed by atoms with van der Waals surface area (Å²) in [5, 5.41) is 6.49. The number of methoxy groups -OCH3 is 3. The van der Waals surface area contributed by atoms with Gasteiger partial charge in [-0.05, 0) is 19.9 Å². The highest BCUT2D eigenvalue weighted by Gasteiger charge is 2.16. The predicted octanol–water partition coefficient (Wildman–Crippen LogP) is 1.79. The molecule has 1 aromatic rings. The summed E-state index contributed by atoms with van der Waals surface area (Å²) in [6.07, 6.45) is 0. The van der Waals surface area contributed by atoms with Crippen molar-refractivity contribution < 1.29 is 14.2 Å². The zero-order chi connectivity index (χ0) is 16.6. The lowest BCUT2D eigenvalue weighted by Crippen LogP contribution is -2.45. The van der Waals surface area contributed by atoms with E-state index >= 15 is 0 Å². The number of ether oxygens (including phenoxy) is 3. The van der Waals surface area contributed by atoms with E-state index in [9.17, 15) is 0 Å². The number of rotatable bonds is 7. The average Bonchev–Trinajstić information content (AvgIpc) is 2.54. The third-order valence-corrected chi connectivity index (χ3v) is 3.39.